The zero-order valence-electron chi connectivity index (χ0n) is 13.9. The maximum absolute atomic E-state index is 12.6. The predicted octanol–water partition coefficient (Wildman–Crippen LogP) is -0.311. The summed E-state index contributed by atoms with van der Waals surface area (Å²) in [4.78, 5) is 17.9. The number of carbonyl (C=O) groups excluding carboxylic acids is 1. The average molecular weight is 343 g/mol. The van der Waals surface area contributed by atoms with Crippen LogP contribution in [0, 0.1) is 6.92 Å². The zero-order chi connectivity index (χ0) is 17.2. The molecule has 9 heteroatoms. The number of nitrogens with zero attached hydrogens (tertiary/aromatic N) is 4. The van der Waals surface area contributed by atoms with Crippen molar-refractivity contribution in [3.63, 3.8) is 0 Å². The number of amides is 1. The highest BCUT2D eigenvalue weighted by atomic mass is 32.2. The van der Waals surface area contributed by atoms with E-state index in [0.29, 0.717) is 25.3 Å². The van der Waals surface area contributed by atoms with Crippen LogP contribution < -0.4 is 5.73 Å². The van der Waals surface area contributed by atoms with Crippen molar-refractivity contribution >= 4 is 15.9 Å². The summed E-state index contributed by atoms with van der Waals surface area (Å²) >= 11 is 0. The molecule has 1 aromatic heterocycles. The lowest BCUT2D eigenvalue weighted by Gasteiger charge is -2.34. The molecule has 130 valence electrons. The van der Waals surface area contributed by atoms with Gasteiger partial charge in [-0.25, -0.2) is 13.4 Å². The van der Waals surface area contributed by atoms with E-state index >= 15 is 0 Å². The van der Waals surface area contributed by atoms with Crippen LogP contribution in [0.15, 0.2) is 11.2 Å². The summed E-state index contributed by atoms with van der Waals surface area (Å²) in [6.45, 7) is 4.99. The summed E-state index contributed by atoms with van der Waals surface area (Å²) in [5, 5.41) is 0.0555. The first-order chi connectivity index (χ1) is 10.8. The Labute approximate surface area is 137 Å². The first kappa shape index (κ1) is 17.9. The van der Waals surface area contributed by atoms with E-state index in [1.165, 1.54) is 10.5 Å². The summed E-state index contributed by atoms with van der Waals surface area (Å²) in [6, 6.07) is -0.499. The van der Waals surface area contributed by atoms with Crippen molar-refractivity contribution in [2.75, 3.05) is 26.2 Å². The van der Waals surface area contributed by atoms with Crippen molar-refractivity contribution in [2.45, 2.75) is 37.8 Å². The molecule has 0 aromatic carbocycles. The van der Waals surface area contributed by atoms with Crippen LogP contribution >= 0.6 is 0 Å². The van der Waals surface area contributed by atoms with Gasteiger partial charge in [-0.3, -0.25) is 4.79 Å². The second-order valence-corrected chi connectivity index (χ2v) is 7.75. The molecule has 0 radical (unpaired) electrons. The molecule has 1 unspecified atom stereocenters. The highest BCUT2D eigenvalue weighted by Crippen LogP contribution is 2.17. The predicted molar refractivity (Wildman–Crippen MR) is 86.2 cm³/mol. The van der Waals surface area contributed by atoms with Gasteiger partial charge >= 0.3 is 0 Å². The SMILES string of the molecule is CCCC(N)C(=O)N1CCN(S(=O)(=O)c2cn(C)c(C)n2)CC1. The number of hydrogen-bond donors (Lipinski definition) is 1. The molecule has 1 fully saturated rings. The lowest BCUT2D eigenvalue weighted by molar-refractivity contribution is -0.133. The van der Waals surface area contributed by atoms with Crippen molar-refractivity contribution < 1.29 is 13.2 Å². The van der Waals surface area contributed by atoms with Gasteiger partial charge in [-0.15, -0.1) is 0 Å². The van der Waals surface area contributed by atoms with E-state index in [9.17, 15) is 13.2 Å². The van der Waals surface area contributed by atoms with Crippen molar-refractivity contribution in [1.82, 2.24) is 18.8 Å². The van der Waals surface area contributed by atoms with Crippen LogP contribution in [0.5, 0.6) is 0 Å². The highest BCUT2D eigenvalue weighted by molar-refractivity contribution is 7.89. The number of hydrogen-bond acceptors (Lipinski definition) is 5. The number of sulfonamides is 1. The normalized spacial score (nSPS) is 18.2. The Morgan fingerprint density at radius 2 is 1.96 bits per heavy atom. The van der Waals surface area contributed by atoms with Crippen LogP contribution in [-0.2, 0) is 21.9 Å². The van der Waals surface area contributed by atoms with Crippen molar-refractivity contribution in [2.24, 2.45) is 12.8 Å². The standard InChI is InChI=1S/C14H25N5O3S/c1-4-5-12(15)14(20)18-6-8-19(9-7-18)23(21,22)13-10-17(3)11(2)16-13/h10,12H,4-9,15H2,1-3H3. The van der Waals surface area contributed by atoms with Crippen molar-refractivity contribution in [3.8, 4) is 0 Å². The van der Waals surface area contributed by atoms with Gasteiger partial charge in [0.05, 0.1) is 6.04 Å². The van der Waals surface area contributed by atoms with Gasteiger partial charge in [-0.05, 0) is 13.3 Å². The molecule has 0 spiro atoms. The van der Waals surface area contributed by atoms with Crippen LogP contribution in [0.4, 0.5) is 0 Å². The molecule has 2 rings (SSSR count). The summed E-state index contributed by atoms with van der Waals surface area (Å²) in [7, 11) is -1.85. The fourth-order valence-electron chi connectivity index (χ4n) is 2.60. The third-order valence-corrected chi connectivity index (χ3v) is 5.93. The first-order valence-electron chi connectivity index (χ1n) is 7.81. The molecular weight excluding hydrogens is 318 g/mol. The van der Waals surface area contributed by atoms with E-state index in [1.807, 2.05) is 6.92 Å². The maximum Gasteiger partial charge on any atom is 0.262 e. The minimum absolute atomic E-state index is 0.0555. The Balaban J connectivity index is 2.02. The number of aryl methyl sites for hydroxylation is 2. The molecule has 0 aliphatic carbocycles. The molecule has 1 aliphatic rings. The third kappa shape index (κ3) is 3.73. The summed E-state index contributed by atoms with van der Waals surface area (Å²) in [5.41, 5.74) is 5.85. The van der Waals surface area contributed by atoms with Crippen LogP contribution in [0.2, 0.25) is 0 Å². The molecule has 2 heterocycles. The number of aromatic nitrogens is 2. The minimum atomic E-state index is -3.61. The minimum Gasteiger partial charge on any atom is -0.339 e. The Hall–Kier alpha value is -1.45. The first-order valence-corrected chi connectivity index (χ1v) is 9.26. The van der Waals surface area contributed by atoms with E-state index in [4.69, 9.17) is 5.73 Å². The van der Waals surface area contributed by atoms with Gasteiger partial charge in [-0.1, -0.05) is 13.3 Å². The van der Waals surface area contributed by atoms with E-state index in [-0.39, 0.29) is 24.0 Å². The number of carbonyl (C=O) groups is 1. The Morgan fingerprint density at radius 1 is 1.35 bits per heavy atom. The smallest absolute Gasteiger partial charge is 0.262 e. The topological polar surface area (TPSA) is 102 Å². The van der Waals surface area contributed by atoms with E-state index in [1.54, 1.807) is 23.4 Å². The molecule has 1 aromatic rings. The Kier molecular flexibility index (Phi) is 5.43. The van der Waals surface area contributed by atoms with Gasteiger partial charge in [0.15, 0.2) is 5.03 Å². The van der Waals surface area contributed by atoms with Gasteiger partial charge in [0.2, 0.25) is 5.91 Å². The molecule has 1 aliphatic heterocycles. The Bertz CT molecular complexity index is 642. The lowest BCUT2D eigenvalue weighted by Crippen LogP contribution is -2.54. The molecule has 0 saturated carbocycles. The molecule has 1 amide bonds. The van der Waals surface area contributed by atoms with Gasteiger partial charge in [0, 0.05) is 39.4 Å². The fraction of sp³-hybridized carbons (Fsp3) is 0.714. The molecular formula is C14H25N5O3S. The third-order valence-electron chi connectivity index (χ3n) is 4.16. The second-order valence-electron chi connectivity index (χ2n) is 5.86. The summed E-state index contributed by atoms with van der Waals surface area (Å²) in [5.74, 6) is 0.542. The number of imidazole rings is 1. The van der Waals surface area contributed by atoms with Crippen LogP contribution in [-0.4, -0.2) is 65.3 Å². The summed E-state index contributed by atoms with van der Waals surface area (Å²) in [6.07, 6.45) is 3.00. The van der Waals surface area contributed by atoms with Crippen LogP contribution in [0.3, 0.4) is 0 Å². The van der Waals surface area contributed by atoms with Gasteiger partial charge in [0.25, 0.3) is 10.0 Å². The van der Waals surface area contributed by atoms with Crippen LogP contribution in [0.1, 0.15) is 25.6 Å². The molecule has 23 heavy (non-hydrogen) atoms. The largest absolute Gasteiger partial charge is 0.339 e. The fourth-order valence-corrected chi connectivity index (χ4v) is 4.05. The molecule has 8 nitrogen and oxygen atoms in total. The van der Waals surface area contributed by atoms with Gasteiger partial charge in [0.1, 0.15) is 5.82 Å². The monoisotopic (exact) mass is 343 g/mol. The maximum atomic E-state index is 12.6. The number of nitrogens with two attached hydrogens (primary N) is 1. The van der Waals surface area contributed by atoms with Gasteiger partial charge < -0.3 is 15.2 Å². The van der Waals surface area contributed by atoms with Crippen molar-refractivity contribution in [1.29, 1.82) is 0 Å². The highest BCUT2D eigenvalue weighted by Gasteiger charge is 2.32. The molecule has 0 bridgehead atoms. The number of rotatable bonds is 5. The number of piperazine rings is 1. The lowest BCUT2D eigenvalue weighted by atomic mass is 10.1. The van der Waals surface area contributed by atoms with E-state index in [0.717, 1.165) is 6.42 Å². The van der Waals surface area contributed by atoms with E-state index in [2.05, 4.69) is 4.98 Å². The zero-order valence-corrected chi connectivity index (χ0v) is 14.7. The van der Waals surface area contributed by atoms with E-state index < -0.39 is 16.1 Å². The average Bonchev–Trinajstić information content (AvgIpc) is 2.87. The second kappa shape index (κ2) is 6.98. The molecule has 1 saturated heterocycles. The van der Waals surface area contributed by atoms with Crippen LogP contribution in [0.25, 0.3) is 0 Å². The Morgan fingerprint density at radius 3 is 2.43 bits per heavy atom. The molecule has 1 atom stereocenters. The summed E-state index contributed by atoms with van der Waals surface area (Å²) < 4.78 is 28.2. The van der Waals surface area contributed by atoms with Crippen molar-refractivity contribution in [3.05, 3.63) is 12.0 Å². The quantitative estimate of drug-likeness (QED) is 0.790. The van der Waals surface area contributed by atoms with Gasteiger partial charge in [-0.2, -0.15) is 4.31 Å². The molecule has 2 N–H and O–H groups in total.